The number of hydrogen-bond donors (Lipinski definition) is 1. The zero-order valence-corrected chi connectivity index (χ0v) is 15.5. The lowest BCUT2D eigenvalue weighted by molar-refractivity contribution is -0.0490. The van der Waals surface area contributed by atoms with Crippen LogP contribution in [0.5, 0.6) is 0 Å². The lowest BCUT2D eigenvalue weighted by Crippen LogP contribution is -2.72. The van der Waals surface area contributed by atoms with Crippen molar-refractivity contribution >= 4 is 0 Å². The van der Waals surface area contributed by atoms with E-state index in [9.17, 15) is 8.78 Å². The molecule has 142 valence electrons. The fraction of sp³-hybridized carbons (Fsp3) is 0.250. The molecule has 0 radical (unpaired) electrons. The normalized spacial score (nSPS) is 24.0. The highest BCUT2D eigenvalue weighted by Gasteiger charge is 2.51. The van der Waals surface area contributed by atoms with E-state index in [-0.39, 0.29) is 11.6 Å². The van der Waals surface area contributed by atoms with Gasteiger partial charge < -0.3 is 5.32 Å². The molecule has 3 atom stereocenters. The first-order valence-electron chi connectivity index (χ1n) is 9.76. The molecule has 0 amide bonds. The molecule has 0 aliphatic carbocycles. The van der Waals surface area contributed by atoms with Crippen molar-refractivity contribution in [3.63, 3.8) is 0 Å². The fourth-order valence-corrected chi connectivity index (χ4v) is 4.75. The number of nitrogens with one attached hydrogen (secondary N) is 1. The smallest absolute Gasteiger partial charge is 0.127 e. The molecule has 0 spiro atoms. The van der Waals surface area contributed by atoms with Crippen molar-refractivity contribution in [1.82, 2.24) is 10.2 Å². The highest BCUT2D eigenvalue weighted by atomic mass is 19.1. The van der Waals surface area contributed by atoms with Crippen molar-refractivity contribution in [1.29, 1.82) is 0 Å². The minimum atomic E-state index is -0.381. The molecule has 1 unspecified atom stereocenters. The molecule has 4 heteroatoms. The fourth-order valence-electron chi connectivity index (χ4n) is 4.75. The lowest BCUT2D eigenvalue weighted by Gasteiger charge is -2.59. The summed E-state index contributed by atoms with van der Waals surface area (Å²) in [6.45, 7) is 2.20. The largest absolute Gasteiger partial charge is 0.314 e. The lowest BCUT2D eigenvalue weighted by atomic mass is 9.72. The molecule has 2 aliphatic heterocycles. The van der Waals surface area contributed by atoms with Crippen LogP contribution < -0.4 is 5.32 Å². The van der Waals surface area contributed by atoms with Crippen LogP contribution in [0.25, 0.3) is 11.1 Å². The molecule has 2 heterocycles. The van der Waals surface area contributed by atoms with E-state index in [1.165, 1.54) is 34.9 Å². The van der Waals surface area contributed by atoms with Gasteiger partial charge in [0.25, 0.3) is 0 Å². The number of benzene rings is 3. The molecule has 2 bridgehead atoms. The monoisotopic (exact) mass is 376 g/mol. The van der Waals surface area contributed by atoms with Gasteiger partial charge in [-0.1, -0.05) is 54.6 Å². The van der Waals surface area contributed by atoms with Gasteiger partial charge in [0.15, 0.2) is 0 Å². The quantitative estimate of drug-likeness (QED) is 0.718. The van der Waals surface area contributed by atoms with Crippen LogP contribution >= 0.6 is 0 Å². The van der Waals surface area contributed by atoms with E-state index in [2.05, 4.69) is 58.7 Å². The Kier molecular flexibility index (Phi) is 4.46. The van der Waals surface area contributed by atoms with E-state index >= 15 is 0 Å². The van der Waals surface area contributed by atoms with Crippen LogP contribution in [0.1, 0.15) is 17.0 Å². The van der Waals surface area contributed by atoms with Gasteiger partial charge in [0.1, 0.15) is 11.6 Å². The van der Waals surface area contributed by atoms with Crippen LogP contribution in [0.3, 0.4) is 0 Å². The Hall–Kier alpha value is -2.56. The van der Waals surface area contributed by atoms with Gasteiger partial charge in [-0.15, -0.1) is 0 Å². The van der Waals surface area contributed by atoms with E-state index in [0.717, 1.165) is 13.1 Å². The number of halogens is 2. The van der Waals surface area contributed by atoms with Gasteiger partial charge in [0.05, 0.1) is 0 Å². The SMILES string of the molecule is Fc1ccc(F)c(CN2[C@@H]3CNC[C@H]2C3c2ccc(-c3ccccc3)cc2)c1. The summed E-state index contributed by atoms with van der Waals surface area (Å²) in [5.41, 5.74) is 4.19. The van der Waals surface area contributed by atoms with Crippen molar-refractivity contribution in [2.45, 2.75) is 24.5 Å². The Labute approximate surface area is 163 Å². The summed E-state index contributed by atoms with van der Waals surface area (Å²) in [6.07, 6.45) is 0. The van der Waals surface area contributed by atoms with E-state index in [0.29, 0.717) is 30.1 Å². The summed E-state index contributed by atoms with van der Waals surface area (Å²) in [4.78, 5) is 2.31. The number of hydrogen-bond acceptors (Lipinski definition) is 2. The van der Waals surface area contributed by atoms with Crippen molar-refractivity contribution in [3.05, 3.63) is 95.6 Å². The van der Waals surface area contributed by atoms with E-state index in [1.54, 1.807) is 0 Å². The zero-order valence-electron chi connectivity index (χ0n) is 15.5. The standard InChI is InChI=1S/C24H22F2N2/c25-20-10-11-21(26)19(12-20)15-28-22-13-27-14-23(28)24(22)18-8-6-17(7-9-18)16-4-2-1-3-5-16/h1-12,22-24,27H,13-15H2/t22-,23+,24?. The van der Waals surface area contributed by atoms with Gasteiger partial charge >= 0.3 is 0 Å². The summed E-state index contributed by atoms with van der Waals surface area (Å²) in [5.74, 6) is -0.279. The van der Waals surface area contributed by atoms with Crippen molar-refractivity contribution < 1.29 is 8.78 Å². The summed E-state index contributed by atoms with van der Waals surface area (Å²) in [6, 6.07) is 23.5. The van der Waals surface area contributed by atoms with Crippen molar-refractivity contribution in [3.8, 4) is 11.1 Å². The van der Waals surface area contributed by atoms with Gasteiger partial charge in [-0.25, -0.2) is 8.78 Å². The number of piperidine rings is 1. The highest BCUT2D eigenvalue weighted by molar-refractivity contribution is 5.63. The minimum absolute atomic E-state index is 0.309. The van der Waals surface area contributed by atoms with Crippen LogP contribution in [0.15, 0.2) is 72.8 Å². The molecule has 2 saturated heterocycles. The maximum absolute atomic E-state index is 14.1. The van der Waals surface area contributed by atoms with Crippen LogP contribution in [0, 0.1) is 11.6 Å². The third kappa shape index (κ3) is 3.03. The van der Waals surface area contributed by atoms with Gasteiger partial charge in [-0.2, -0.15) is 0 Å². The molecular weight excluding hydrogens is 354 g/mol. The van der Waals surface area contributed by atoms with Crippen molar-refractivity contribution in [2.75, 3.05) is 13.1 Å². The average molecular weight is 376 g/mol. The first-order valence-corrected chi connectivity index (χ1v) is 9.76. The zero-order chi connectivity index (χ0) is 19.1. The van der Waals surface area contributed by atoms with Crippen LogP contribution in [-0.2, 0) is 6.54 Å². The number of fused-ring (bicyclic) bond motifs is 2. The average Bonchev–Trinajstić information content (AvgIpc) is 2.75. The van der Waals surface area contributed by atoms with Gasteiger partial charge in [-0.05, 0) is 34.9 Å². The molecular formula is C24H22F2N2. The Morgan fingerprint density at radius 1 is 0.821 bits per heavy atom. The van der Waals surface area contributed by atoms with Gasteiger partial charge in [0.2, 0.25) is 0 Å². The second-order valence-corrected chi connectivity index (χ2v) is 7.71. The predicted molar refractivity (Wildman–Crippen MR) is 107 cm³/mol. The maximum Gasteiger partial charge on any atom is 0.127 e. The third-order valence-electron chi connectivity index (χ3n) is 6.15. The Morgan fingerprint density at radius 2 is 1.50 bits per heavy atom. The highest BCUT2D eigenvalue weighted by Crippen LogP contribution is 2.43. The van der Waals surface area contributed by atoms with Crippen LogP contribution in [0.4, 0.5) is 8.78 Å². The maximum atomic E-state index is 14.1. The number of piperazine rings is 1. The van der Waals surface area contributed by atoms with E-state index in [1.807, 2.05) is 6.07 Å². The number of nitrogens with zero attached hydrogens (tertiary/aromatic N) is 1. The minimum Gasteiger partial charge on any atom is -0.314 e. The third-order valence-corrected chi connectivity index (χ3v) is 6.15. The van der Waals surface area contributed by atoms with Crippen LogP contribution in [0.2, 0.25) is 0 Å². The molecule has 0 saturated carbocycles. The molecule has 2 aliphatic rings. The Morgan fingerprint density at radius 3 is 2.21 bits per heavy atom. The first-order chi connectivity index (χ1) is 13.7. The Bertz CT molecular complexity index is 960. The molecule has 0 aromatic heterocycles. The summed E-state index contributed by atoms with van der Waals surface area (Å²) in [7, 11) is 0. The second-order valence-electron chi connectivity index (χ2n) is 7.71. The molecule has 5 rings (SSSR count). The molecule has 2 fully saturated rings. The first kappa shape index (κ1) is 17.5. The molecule has 28 heavy (non-hydrogen) atoms. The molecule has 1 N–H and O–H groups in total. The topological polar surface area (TPSA) is 15.3 Å². The molecule has 3 aromatic carbocycles. The van der Waals surface area contributed by atoms with E-state index in [4.69, 9.17) is 0 Å². The summed E-state index contributed by atoms with van der Waals surface area (Å²) < 4.78 is 27.6. The number of rotatable bonds is 4. The molecule has 2 nitrogen and oxygen atoms in total. The van der Waals surface area contributed by atoms with Crippen LogP contribution in [-0.4, -0.2) is 30.1 Å². The van der Waals surface area contributed by atoms with E-state index < -0.39 is 0 Å². The predicted octanol–water partition coefficient (Wildman–Crippen LogP) is 4.57. The summed E-state index contributed by atoms with van der Waals surface area (Å²) >= 11 is 0. The molecule has 3 aromatic rings. The second kappa shape index (κ2) is 7.12. The summed E-state index contributed by atoms with van der Waals surface area (Å²) in [5, 5.41) is 3.45. The Balaban J connectivity index is 1.35. The van der Waals surface area contributed by atoms with Gasteiger partial charge in [0, 0.05) is 43.2 Å². The van der Waals surface area contributed by atoms with Crippen molar-refractivity contribution in [2.24, 2.45) is 0 Å². The van der Waals surface area contributed by atoms with Gasteiger partial charge in [-0.3, -0.25) is 4.90 Å².